The lowest BCUT2D eigenvalue weighted by atomic mass is 10.2. The molecule has 1 atom stereocenters. The van der Waals surface area contributed by atoms with E-state index < -0.39 is 12.1 Å². The highest BCUT2D eigenvalue weighted by atomic mass is 16.5. The van der Waals surface area contributed by atoms with Gasteiger partial charge in [0.05, 0.1) is 6.61 Å². The molecule has 0 bridgehead atoms. The van der Waals surface area contributed by atoms with Gasteiger partial charge in [0.1, 0.15) is 12.6 Å². The lowest BCUT2D eigenvalue weighted by Crippen LogP contribution is -2.50. The molecular weight excluding hydrogens is 260 g/mol. The Kier molecular flexibility index (Phi) is 5.09. The summed E-state index contributed by atoms with van der Waals surface area (Å²) in [5, 5.41) is 10.9. The van der Waals surface area contributed by atoms with Crippen LogP contribution in [-0.2, 0) is 20.9 Å². The Morgan fingerprint density at radius 1 is 1.35 bits per heavy atom. The van der Waals surface area contributed by atoms with Gasteiger partial charge >= 0.3 is 5.97 Å². The number of ether oxygens (including phenoxy) is 1. The number of nitrogens with zero attached hydrogens (tertiary/aromatic N) is 1. The number of amides is 1. The van der Waals surface area contributed by atoms with Crippen LogP contribution in [0.2, 0.25) is 0 Å². The second-order valence-electron chi connectivity index (χ2n) is 4.69. The maximum atomic E-state index is 11.8. The zero-order valence-electron chi connectivity index (χ0n) is 11.1. The summed E-state index contributed by atoms with van der Waals surface area (Å²) in [4.78, 5) is 24.3. The van der Waals surface area contributed by atoms with Gasteiger partial charge in [0, 0.05) is 19.6 Å². The number of carbonyl (C=O) groups is 2. The Balaban J connectivity index is 1.85. The number of hydrogen-bond acceptors (Lipinski definition) is 4. The van der Waals surface area contributed by atoms with E-state index in [2.05, 4.69) is 10.2 Å². The summed E-state index contributed by atoms with van der Waals surface area (Å²) in [6.45, 7) is 2.08. The van der Waals surface area contributed by atoms with E-state index in [1.165, 1.54) is 5.56 Å². The van der Waals surface area contributed by atoms with Crippen molar-refractivity contribution < 1.29 is 19.4 Å². The highest BCUT2D eigenvalue weighted by Gasteiger charge is 2.26. The average Bonchev–Trinajstić information content (AvgIpc) is 2.46. The molecule has 1 aromatic rings. The van der Waals surface area contributed by atoms with E-state index in [-0.39, 0.29) is 12.5 Å². The highest BCUT2D eigenvalue weighted by Crippen LogP contribution is 2.10. The van der Waals surface area contributed by atoms with Gasteiger partial charge in [-0.05, 0) is 5.56 Å². The molecule has 2 rings (SSSR count). The predicted molar refractivity (Wildman–Crippen MR) is 72.1 cm³/mol. The van der Waals surface area contributed by atoms with Gasteiger partial charge in [0.2, 0.25) is 0 Å². The van der Waals surface area contributed by atoms with Crippen molar-refractivity contribution in [3.05, 3.63) is 35.9 Å². The van der Waals surface area contributed by atoms with E-state index in [4.69, 9.17) is 9.84 Å². The van der Waals surface area contributed by atoms with Gasteiger partial charge in [-0.25, -0.2) is 0 Å². The molecule has 0 aromatic heterocycles. The molecular formula is C14H18N2O4. The third-order valence-corrected chi connectivity index (χ3v) is 3.11. The van der Waals surface area contributed by atoms with Crippen LogP contribution in [0.15, 0.2) is 30.3 Å². The zero-order valence-corrected chi connectivity index (χ0v) is 11.1. The van der Waals surface area contributed by atoms with Gasteiger partial charge in [0.15, 0.2) is 0 Å². The van der Waals surface area contributed by atoms with E-state index in [0.29, 0.717) is 13.2 Å². The number of carbonyl (C=O) groups excluding carboxylic acids is 1. The fourth-order valence-corrected chi connectivity index (χ4v) is 2.12. The molecule has 1 saturated heterocycles. The summed E-state index contributed by atoms with van der Waals surface area (Å²) in [6.07, 6.45) is -0.605. The van der Waals surface area contributed by atoms with E-state index in [1.54, 1.807) is 0 Å². The van der Waals surface area contributed by atoms with Crippen LogP contribution in [0.1, 0.15) is 5.56 Å². The monoisotopic (exact) mass is 278 g/mol. The SMILES string of the molecule is O=C(O)CNC(=O)C1CN(Cc2ccccc2)CCO1. The Labute approximate surface area is 117 Å². The van der Waals surface area contributed by atoms with Crippen molar-refractivity contribution in [3.63, 3.8) is 0 Å². The normalized spacial score (nSPS) is 19.5. The van der Waals surface area contributed by atoms with Crippen molar-refractivity contribution in [2.45, 2.75) is 12.6 Å². The summed E-state index contributed by atoms with van der Waals surface area (Å²) in [6, 6.07) is 9.99. The van der Waals surface area contributed by atoms with Crippen LogP contribution >= 0.6 is 0 Å². The molecule has 1 unspecified atom stereocenters. The first-order valence-electron chi connectivity index (χ1n) is 6.52. The van der Waals surface area contributed by atoms with Crippen molar-refractivity contribution in [2.75, 3.05) is 26.2 Å². The quantitative estimate of drug-likeness (QED) is 0.798. The first kappa shape index (κ1) is 14.5. The smallest absolute Gasteiger partial charge is 0.322 e. The summed E-state index contributed by atoms with van der Waals surface area (Å²) in [5.74, 6) is -1.43. The summed E-state index contributed by atoms with van der Waals surface area (Å²) >= 11 is 0. The molecule has 108 valence electrons. The third kappa shape index (κ3) is 4.32. The minimum Gasteiger partial charge on any atom is -0.480 e. The molecule has 6 heteroatoms. The fraction of sp³-hybridized carbons (Fsp3) is 0.429. The molecule has 2 N–H and O–H groups in total. The summed E-state index contributed by atoms with van der Waals surface area (Å²) < 4.78 is 5.39. The van der Waals surface area contributed by atoms with Crippen LogP contribution in [0.4, 0.5) is 0 Å². The topological polar surface area (TPSA) is 78.9 Å². The molecule has 1 fully saturated rings. The number of carboxylic acids is 1. The molecule has 6 nitrogen and oxygen atoms in total. The number of nitrogens with one attached hydrogen (secondary N) is 1. The summed E-state index contributed by atoms with van der Waals surface area (Å²) in [7, 11) is 0. The standard InChI is InChI=1S/C14H18N2O4/c17-13(18)8-15-14(19)12-10-16(6-7-20-12)9-11-4-2-1-3-5-11/h1-5,12H,6-10H2,(H,15,19)(H,17,18). The third-order valence-electron chi connectivity index (χ3n) is 3.11. The van der Waals surface area contributed by atoms with Gasteiger partial charge < -0.3 is 15.2 Å². The molecule has 1 aliphatic rings. The minimum atomic E-state index is -1.06. The summed E-state index contributed by atoms with van der Waals surface area (Å²) in [5.41, 5.74) is 1.18. The molecule has 1 amide bonds. The van der Waals surface area contributed by atoms with E-state index in [1.807, 2.05) is 30.3 Å². The molecule has 20 heavy (non-hydrogen) atoms. The van der Waals surface area contributed by atoms with Gasteiger partial charge in [0.25, 0.3) is 5.91 Å². The number of benzene rings is 1. The fourth-order valence-electron chi connectivity index (χ4n) is 2.12. The first-order valence-corrected chi connectivity index (χ1v) is 6.52. The molecule has 0 radical (unpaired) electrons. The van der Waals surface area contributed by atoms with Crippen LogP contribution in [0.5, 0.6) is 0 Å². The number of carboxylic acid groups (broad SMARTS) is 1. The van der Waals surface area contributed by atoms with E-state index in [9.17, 15) is 9.59 Å². The minimum absolute atomic E-state index is 0.370. The maximum Gasteiger partial charge on any atom is 0.322 e. The van der Waals surface area contributed by atoms with Crippen LogP contribution in [0.25, 0.3) is 0 Å². The van der Waals surface area contributed by atoms with Gasteiger partial charge in [-0.1, -0.05) is 30.3 Å². The van der Waals surface area contributed by atoms with Crippen molar-refractivity contribution in [1.29, 1.82) is 0 Å². The molecule has 0 saturated carbocycles. The van der Waals surface area contributed by atoms with Gasteiger partial charge in [-0.3, -0.25) is 14.5 Å². The van der Waals surface area contributed by atoms with Crippen LogP contribution in [-0.4, -0.2) is 54.2 Å². The molecule has 0 aliphatic carbocycles. The predicted octanol–water partition coefficient (Wildman–Crippen LogP) is 0.0882. The lowest BCUT2D eigenvalue weighted by molar-refractivity contribution is -0.143. The average molecular weight is 278 g/mol. The van der Waals surface area contributed by atoms with Crippen LogP contribution in [0, 0.1) is 0 Å². The molecule has 1 aromatic carbocycles. The Hall–Kier alpha value is -1.92. The number of hydrogen-bond donors (Lipinski definition) is 2. The molecule has 1 aliphatic heterocycles. The van der Waals surface area contributed by atoms with Gasteiger partial charge in [-0.15, -0.1) is 0 Å². The molecule has 1 heterocycles. The number of aliphatic carboxylic acids is 1. The van der Waals surface area contributed by atoms with Crippen molar-refractivity contribution in [3.8, 4) is 0 Å². The van der Waals surface area contributed by atoms with Crippen LogP contribution in [0.3, 0.4) is 0 Å². The number of rotatable bonds is 5. The molecule has 0 spiro atoms. The maximum absolute atomic E-state index is 11.8. The van der Waals surface area contributed by atoms with Crippen molar-refractivity contribution in [1.82, 2.24) is 10.2 Å². The Morgan fingerprint density at radius 3 is 2.80 bits per heavy atom. The van der Waals surface area contributed by atoms with Crippen molar-refractivity contribution >= 4 is 11.9 Å². The highest BCUT2D eigenvalue weighted by molar-refractivity contribution is 5.84. The Morgan fingerprint density at radius 2 is 2.10 bits per heavy atom. The lowest BCUT2D eigenvalue weighted by Gasteiger charge is -2.32. The Bertz CT molecular complexity index is 464. The number of morpholine rings is 1. The largest absolute Gasteiger partial charge is 0.480 e. The van der Waals surface area contributed by atoms with Gasteiger partial charge in [-0.2, -0.15) is 0 Å². The van der Waals surface area contributed by atoms with E-state index in [0.717, 1.165) is 13.1 Å². The second kappa shape index (κ2) is 7.02. The first-order chi connectivity index (χ1) is 9.65. The van der Waals surface area contributed by atoms with E-state index >= 15 is 0 Å². The zero-order chi connectivity index (χ0) is 14.4. The second-order valence-corrected chi connectivity index (χ2v) is 4.69. The van der Waals surface area contributed by atoms with Crippen molar-refractivity contribution in [2.24, 2.45) is 0 Å². The van der Waals surface area contributed by atoms with Crippen LogP contribution < -0.4 is 5.32 Å².